The van der Waals surface area contributed by atoms with Crippen LogP contribution in [0.3, 0.4) is 0 Å². The number of aryl methyl sites for hydroxylation is 1. The Bertz CT molecular complexity index is 842. The number of aromatic nitrogens is 1. The number of hydrogen-bond acceptors (Lipinski definition) is 6. The molecule has 0 aliphatic carbocycles. The highest BCUT2D eigenvalue weighted by Gasteiger charge is 2.50. The average molecular weight is 412 g/mol. The number of aliphatic imine (C=N–C) groups is 1. The van der Waals surface area contributed by atoms with E-state index in [0.717, 1.165) is 22.5 Å². The molecule has 1 aromatic carbocycles. The molecule has 0 bridgehead atoms. The number of halogens is 2. The Labute approximate surface area is 166 Å². The van der Waals surface area contributed by atoms with Crippen molar-refractivity contribution < 1.29 is 13.5 Å². The molecule has 146 valence electrons. The number of amidine groups is 1. The van der Waals surface area contributed by atoms with E-state index >= 15 is 0 Å². The molecule has 3 atom stereocenters. The zero-order valence-electron chi connectivity index (χ0n) is 15.5. The number of nitrogens with zero attached hydrogens (tertiary/aromatic N) is 2. The number of rotatable bonds is 2. The topological polar surface area (TPSA) is 60.5 Å². The predicted molar refractivity (Wildman–Crippen MR) is 107 cm³/mol. The normalized spacial score (nSPS) is 27.2. The molecule has 2 aromatic rings. The minimum Gasteiger partial charge on any atom is -0.379 e. The summed E-state index contributed by atoms with van der Waals surface area (Å²) in [6, 6.07) is 3.61. The van der Waals surface area contributed by atoms with Crippen LogP contribution in [0.15, 0.2) is 28.6 Å². The zero-order valence-corrected chi connectivity index (χ0v) is 17.2. The van der Waals surface area contributed by atoms with Crippen molar-refractivity contribution >= 4 is 28.3 Å². The molecule has 2 N–H and O–H groups in total. The summed E-state index contributed by atoms with van der Waals surface area (Å²) in [5.74, 6) is -0.464. The summed E-state index contributed by atoms with van der Waals surface area (Å²) < 4.78 is 33.9. The van der Waals surface area contributed by atoms with Gasteiger partial charge < -0.3 is 10.5 Å². The van der Waals surface area contributed by atoms with Crippen LogP contribution in [0.25, 0.3) is 0 Å². The smallest absolute Gasteiger partial charge is 0.154 e. The van der Waals surface area contributed by atoms with Crippen molar-refractivity contribution in [3.63, 3.8) is 0 Å². The van der Waals surface area contributed by atoms with Gasteiger partial charge in [-0.2, -0.15) is 0 Å². The lowest BCUT2D eigenvalue weighted by atomic mass is 9.75. The van der Waals surface area contributed by atoms with Crippen molar-refractivity contribution in [1.82, 2.24) is 4.98 Å². The van der Waals surface area contributed by atoms with Crippen LogP contribution in [0.4, 0.5) is 8.78 Å². The highest BCUT2D eigenvalue weighted by molar-refractivity contribution is 8.13. The predicted octanol–water partition coefficient (Wildman–Crippen LogP) is 4.79. The van der Waals surface area contributed by atoms with Gasteiger partial charge in [-0.05, 0) is 19.4 Å². The summed E-state index contributed by atoms with van der Waals surface area (Å²) in [4.78, 5) is 9.10. The van der Waals surface area contributed by atoms with E-state index in [9.17, 15) is 8.78 Å². The Morgan fingerprint density at radius 3 is 2.74 bits per heavy atom. The molecule has 0 saturated carbocycles. The largest absolute Gasteiger partial charge is 0.379 e. The Kier molecular flexibility index (Phi) is 6.18. The van der Waals surface area contributed by atoms with Gasteiger partial charge >= 0.3 is 0 Å². The van der Waals surface area contributed by atoms with Crippen molar-refractivity contribution in [3.05, 3.63) is 51.5 Å². The summed E-state index contributed by atoms with van der Waals surface area (Å²) in [6.07, 6.45) is 0.545. The van der Waals surface area contributed by atoms with Crippen molar-refractivity contribution in [2.75, 3.05) is 12.4 Å². The van der Waals surface area contributed by atoms with Gasteiger partial charge in [-0.15, -0.1) is 11.3 Å². The summed E-state index contributed by atoms with van der Waals surface area (Å²) in [5.41, 5.74) is 6.34. The molecule has 1 fully saturated rings. The zero-order chi connectivity index (χ0) is 19.6. The highest BCUT2D eigenvalue weighted by atomic mass is 32.2. The minimum absolute atomic E-state index is 0.0349. The Hall–Kier alpha value is -1.51. The fourth-order valence-corrected chi connectivity index (χ4v) is 5.37. The second-order valence-corrected chi connectivity index (χ2v) is 8.30. The van der Waals surface area contributed by atoms with E-state index in [1.807, 2.05) is 26.2 Å². The van der Waals surface area contributed by atoms with Gasteiger partial charge in [-0.3, -0.25) is 0 Å². The third-order valence-electron chi connectivity index (χ3n) is 4.73. The second kappa shape index (κ2) is 8.24. The maximum atomic E-state index is 14.5. The van der Waals surface area contributed by atoms with Crippen LogP contribution in [-0.2, 0) is 10.3 Å². The standard InChI is InChI=1S/C17H17F2N3OS2.C2H6/c1-9-6-24-15(21-9)14-4-10-7-25-16(20)22-17(10,8-23-14)12-3-2-11(18)5-13(12)19;1-2/h2-3,5-6,10,14H,4,7-8H2,1H3,(H2,20,22);1-2H3/t10?,14-,17?;/m1./s1. The summed E-state index contributed by atoms with van der Waals surface area (Å²) in [6.45, 7) is 6.15. The van der Waals surface area contributed by atoms with Crippen LogP contribution < -0.4 is 5.73 Å². The first-order valence-corrected chi connectivity index (χ1v) is 10.8. The average Bonchev–Trinajstić information content (AvgIpc) is 3.09. The molecule has 27 heavy (non-hydrogen) atoms. The first-order valence-electron chi connectivity index (χ1n) is 8.95. The van der Waals surface area contributed by atoms with Crippen LogP contribution in [0.5, 0.6) is 0 Å². The monoisotopic (exact) mass is 411 g/mol. The molecular weight excluding hydrogens is 388 g/mol. The van der Waals surface area contributed by atoms with Crippen LogP contribution in [0.2, 0.25) is 0 Å². The van der Waals surface area contributed by atoms with E-state index in [-0.39, 0.29) is 18.6 Å². The third-order valence-corrected chi connectivity index (χ3v) is 6.74. The van der Waals surface area contributed by atoms with Crippen molar-refractivity contribution in [2.24, 2.45) is 16.6 Å². The molecule has 2 aliphatic rings. The van der Waals surface area contributed by atoms with E-state index in [0.29, 0.717) is 17.2 Å². The molecule has 4 rings (SSSR count). The molecule has 0 radical (unpaired) electrons. The van der Waals surface area contributed by atoms with Gasteiger partial charge in [0.2, 0.25) is 0 Å². The molecule has 2 unspecified atom stereocenters. The van der Waals surface area contributed by atoms with Gasteiger partial charge in [0.1, 0.15) is 28.3 Å². The van der Waals surface area contributed by atoms with Gasteiger partial charge in [-0.25, -0.2) is 18.8 Å². The molecule has 3 heterocycles. The van der Waals surface area contributed by atoms with Crippen LogP contribution in [0.1, 0.15) is 42.6 Å². The fraction of sp³-hybridized carbons (Fsp3) is 0.474. The van der Waals surface area contributed by atoms with Gasteiger partial charge in [0.15, 0.2) is 5.17 Å². The Morgan fingerprint density at radius 2 is 2.07 bits per heavy atom. The van der Waals surface area contributed by atoms with Crippen LogP contribution in [-0.4, -0.2) is 22.5 Å². The highest BCUT2D eigenvalue weighted by Crippen LogP contribution is 2.49. The molecule has 0 spiro atoms. The lowest BCUT2D eigenvalue weighted by Crippen LogP contribution is -2.48. The van der Waals surface area contributed by atoms with Crippen molar-refractivity contribution in [3.8, 4) is 0 Å². The van der Waals surface area contributed by atoms with E-state index in [2.05, 4.69) is 9.98 Å². The number of hydrogen-bond donors (Lipinski definition) is 1. The van der Waals surface area contributed by atoms with E-state index in [4.69, 9.17) is 10.5 Å². The number of ether oxygens (including phenoxy) is 1. The number of thioether (sulfide) groups is 1. The maximum Gasteiger partial charge on any atom is 0.154 e. The van der Waals surface area contributed by atoms with Gasteiger partial charge in [0.05, 0.1) is 6.61 Å². The van der Waals surface area contributed by atoms with Gasteiger partial charge in [0, 0.05) is 34.4 Å². The van der Waals surface area contributed by atoms with Gasteiger partial charge in [0.25, 0.3) is 0 Å². The van der Waals surface area contributed by atoms with Crippen molar-refractivity contribution in [1.29, 1.82) is 0 Å². The van der Waals surface area contributed by atoms with E-state index in [1.54, 1.807) is 11.3 Å². The SMILES string of the molecule is CC.Cc1csc([C@H]2CC3CSC(N)=NC3(c3ccc(F)cc3F)CO2)n1. The number of nitrogens with two attached hydrogens (primary N) is 1. The number of thiazole rings is 1. The van der Waals surface area contributed by atoms with Crippen LogP contribution in [0, 0.1) is 24.5 Å². The lowest BCUT2D eigenvalue weighted by Gasteiger charge is -2.46. The summed E-state index contributed by atoms with van der Waals surface area (Å²) in [7, 11) is 0. The van der Waals surface area contributed by atoms with E-state index < -0.39 is 17.2 Å². The number of benzene rings is 1. The molecule has 8 heteroatoms. The molecule has 0 amide bonds. The summed E-state index contributed by atoms with van der Waals surface area (Å²) in [5, 5.41) is 3.33. The molecule has 1 saturated heterocycles. The Balaban J connectivity index is 0.00000102. The molecule has 4 nitrogen and oxygen atoms in total. The lowest BCUT2D eigenvalue weighted by molar-refractivity contribution is -0.0588. The second-order valence-electron chi connectivity index (χ2n) is 6.37. The minimum atomic E-state index is -0.907. The van der Waals surface area contributed by atoms with Crippen molar-refractivity contribution in [2.45, 2.75) is 38.8 Å². The van der Waals surface area contributed by atoms with E-state index in [1.165, 1.54) is 23.9 Å². The van der Waals surface area contributed by atoms with Crippen LogP contribution >= 0.6 is 23.1 Å². The molecular formula is C19H23F2N3OS2. The Morgan fingerprint density at radius 1 is 1.30 bits per heavy atom. The fourth-order valence-electron chi connectivity index (χ4n) is 3.50. The molecule has 1 aromatic heterocycles. The first kappa shape index (κ1) is 20.2. The summed E-state index contributed by atoms with van der Waals surface area (Å²) >= 11 is 3.04. The third kappa shape index (κ3) is 3.88. The maximum absolute atomic E-state index is 14.5. The quantitative estimate of drug-likeness (QED) is 0.772. The number of fused-ring (bicyclic) bond motifs is 1. The first-order chi connectivity index (χ1) is 13.0. The molecule has 2 aliphatic heterocycles. The van der Waals surface area contributed by atoms with Gasteiger partial charge in [-0.1, -0.05) is 31.7 Å².